The van der Waals surface area contributed by atoms with Crippen LogP contribution in [0.1, 0.15) is 119 Å². The fraction of sp³-hybridized carbons (Fsp3) is 0.434. The monoisotopic (exact) mass is 937 g/mol. The van der Waals surface area contributed by atoms with Gasteiger partial charge < -0.3 is 49.5 Å². The van der Waals surface area contributed by atoms with E-state index >= 15 is 0 Å². The van der Waals surface area contributed by atoms with Crippen LogP contribution in [0.3, 0.4) is 0 Å². The number of likely N-dealkylation sites (tertiary alicyclic amines) is 2. The number of aromatic amines is 2. The van der Waals surface area contributed by atoms with Crippen molar-refractivity contribution < 1.29 is 33.4 Å². The molecule has 0 aliphatic carbocycles. The van der Waals surface area contributed by atoms with Gasteiger partial charge in [0.2, 0.25) is 11.8 Å². The van der Waals surface area contributed by atoms with Gasteiger partial charge in [-0.3, -0.25) is 9.59 Å². The van der Waals surface area contributed by atoms with Crippen molar-refractivity contribution >= 4 is 51.8 Å². The highest BCUT2D eigenvalue weighted by Gasteiger charge is 2.40. The number of ether oxygens (including phenoxy) is 3. The Kier molecular flexibility index (Phi) is 13.8. The number of hydrogen-bond donors (Lipinski definition) is 4. The first-order chi connectivity index (χ1) is 33.4. The van der Waals surface area contributed by atoms with Gasteiger partial charge in [0.25, 0.3) is 0 Å². The minimum Gasteiger partial charge on any atom is -0.489 e. The smallest absolute Gasteiger partial charge is 0.407 e. The van der Waals surface area contributed by atoms with Gasteiger partial charge in [-0.15, -0.1) is 0 Å². The maximum Gasteiger partial charge on any atom is 0.407 e. The summed E-state index contributed by atoms with van der Waals surface area (Å²) in [5.41, 5.74) is 7.89. The van der Waals surface area contributed by atoms with E-state index in [9.17, 15) is 19.2 Å². The van der Waals surface area contributed by atoms with E-state index in [0.29, 0.717) is 19.7 Å². The van der Waals surface area contributed by atoms with Gasteiger partial charge in [-0.05, 0) is 116 Å². The fourth-order valence-corrected chi connectivity index (χ4v) is 10.5. The molecule has 0 spiro atoms. The summed E-state index contributed by atoms with van der Waals surface area (Å²) in [6.45, 7) is 9.27. The quantitative estimate of drug-likeness (QED) is 0.0820. The van der Waals surface area contributed by atoms with Gasteiger partial charge in [-0.25, -0.2) is 19.6 Å². The number of amides is 4. The molecule has 69 heavy (non-hydrogen) atoms. The van der Waals surface area contributed by atoms with Crippen LogP contribution in [0.5, 0.6) is 5.75 Å². The summed E-state index contributed by atoms with van der Waals surface area (Å²) in [6, 6.07) is 29.5. The standard InChI is InChI=1S/C53H63N9O7/c1-31(2)46(58-52(65)67-5)50(63)60-26-10-14-44(60)48-54-38-22-16-34(28-40(38)56-48)42-24-25-43(62(42)36-18-20-37(21-19-36)69-30-33-12-8-7-9-13-33)35-17-23-39-41(29-35)57-49(55-39)45-15-11-27-61(45)51(64)47(32(3)4)59-53(66)68-6/h7-9,12-13,16-23,28-29,31-32,42-47H,10-11,14-15,24-27,30H2,1-6H3,(H,54,56)(H,55,57)(H,58,65)(H,59,66)/t42-,43-,44+,45+,46+,47+/m1/s1. The molecule has 4 amide bonds. The van der Waals surface area contributed by atoms with Gasteiger partial charge >= 0.3 is 12.2 Å². The highest BCUT2D eigenvalue weighted by Crippen LogP contribution is 2.48. The van der Waals surface area contributed by atoms with Crippen molar-refractivity contribution in [1.29, 1.82) is 0 Å². The van der Waals surface area contributed by atoms with Crippen LogP contribution < -0.4 is 20.3 Å². The minimum atomic E-state index is -0.718. The number of benzene rings is 4. The number of imidazole rings is 2. The molecule has 362 valence electrons. The number of carbonyl (C=O) groups is 4. The van der Waals surface area contributed by atoms with Gasteiger partial charge in [0, 0.05) is 18.8 Å². The summed E-state index contributed by atoms with van der Waals surface area (Å²) < 4.78 is 15.9. The van der Waals surface area contributed by atoms with Gasteiger partial charge in [-0.1, -0.05) is 70.2 Å². The third kappa shape index (κ3) is 9.79. The Balaban J connectivity index is 1.00. The predicted octanol–water partition coefficient (Wildman–Crippen LogP) is 9.19. The number of carbonyl (C=O) groups excluding carboxylic acids is 4. The molecular formula is C53H63N9O7. The molecule has 3 aliphatic heterocycles. The van der Waals surface area contributed by atoms with Gasteiger partial charge in [0.15, 0.2) is 0 Å². The van der Waals surface area contributed by atoms with Crippen LogP contribution in [0.25, 0.3) is 22.1 Å². The Morgan fingerprint density at radius 2 is 1.10 bits per heavy atom. The fourth-order valence-electron chi connectivity index (χ4n) is 10.5. The summed E-state index contributed by atoms with van der Waals surface area (Å²) in [6.07, 6.45) is 3.70. The first kappa shape index (κ1) is 47.0. The lowest BCUT2D eigenvalue weighted by Crippen LogP contribution is -2.51. The second kappa shape index (κ2) is 20.2. The molecule has 4 aromatic carbocycles. The van der Waals surface area contributed by atoms with Crippen LogP contribution >= 0.6 is 0 Å². The van der Waals surface area contributed by atoms with Crippen molar-refractivity contribution in [3.8, 4) is 5.75 Å². The summed E-state index contributed by atoms with van der Waals surface area (Å²) in [4.78, 5) is 75.7. The molecule has 0 unspecified atom stereocenters. The molecule has 3 fully saturated rings. The van der Waals surface area contributed by atoms with Crippen molar-refractivity contribution in [2.75, 3.05) is 32.2 Å². The highest BCUT2D eigenvalue weighted by molar-refractivity contribution is 5.87. The number of anilines is 1. The Labute approximate surface area is 402 Å². The van der Waals surface area contributed by atoms with Gasteiger partial charge in [0.05, 0.1) is 60.5 Å². The number of aromatic nitrogens is 4. The van der Waals surface area contributed by atoms with Crippen molar-refractivity contribution in [2.24, 2.45) is 11.8 Å². The zero-order valence-corrected chi connectivity index (χ0v) is 40.2. The van der Waals surface area contributed by atoms with E-state index in [1.165, 1.54) is 14.2 Å². The molecule has 6 atom stereocenters. The van der Waals surface area contributed by atoms with Crippen molar-refractivity contribution in [3.63, 3.8) is 0 Å². The minimum absolute atomic E-state index is 0.0153. The Hall–Kier alpha value is -7.10. The molecule has 0 saturated carbocycles. The van der Waals surface area contributed by atoms with E-state index in [2.05, 4.69) is 86.2 Å². The molecule has 9 rings (SSSR count). The maximum atomic E-state index is 13.9. The zero-order chi connectivity index (χ0) is 48.3. The SMILES string of the molecule is COC(=O)N[C@H](C(=O)N1CCC[C@H]1c1nc2ccc([C@H]3CC[C@H](c4ccc5nc([C@@H]6CCCN6C(=O)[C@@H](NC(=O)OC)C(C)C)[nH]c5c4)N3c3ccc(OCc4ccccc4)cc3)cc2[nH]1)C(C)C. The largest absolute Gasteiger partial charge is 0.489 e. The van der Waals surface area contributed by atoms with Gasteiger partial charge in [-0.2, -0.15) is 0 Å². The third-order valence-electron chi connectivity index (χ3n) is 14.1. The lowest BCUT2D eigenvalue weighted by molar-refractivity contribution is -0.136. The van der Waals surface area contributed by atoms with Crippen molar-refractivity contribution in [2.45, 2.75) is 109 Å². The number of nitrogens with one attached hydrogen (secondary N) is 4. The van der Waals surface area contributed by atoms with Crippen molar-refractivity contribution in [3.05, 3.63) is 119 Å². The molecule has 2 aromatic heterocycles. The summed E-state index contributed by atoms with van der Waals surface area (Å²) in [7, 11) is 2.60. The van der Waals surface area contributed by atoms with Crippen LogP contribution in [-0.4, -0.2) is 93.1 Å². The first-order valence-electron chi connectivity index (χ1n) is 24.2. The molecule has 0 bridgehead atoms. The first-order valence-corrected chi connectivity index (χ1v) is 24.2. The number of methoxy groups -OCH3 is 2. The Bertz CT molecular complexity index is 2640. The predicted molar refractivity (Wildman–Crippen MR) is 262 cm³/mol. The number of hydrogen-bond acceptors (Lipinski definition) is 10. The second-order valence-corrected chi connectivity index (χ2v) is 19.2. The van der Waals surface area contributed by atoms with E-state index in [4.69, 9.17) is 24.2 Å². The van der Waals surface area contributed by atoms with E-state index in [1.807, 2.05) is 67.8 Å². The van der Waals surface area contributed by atoms with Crippen LogP contribution in [-0.2, 0) is 25.7 Å². The van der Waals surface area contributed by atoms with E-state index in [0.717, 1.165) is 100 Å². The molecule has 3 aliphatic rings. The molecule has 16 heteroatoms. The third-order valence-corrected chi connectivity index (χ3v) is 14.1. The average molecular weight is 938 g/mol. The number of H-pyrrole nitrogens is 2. The van der Waals surface area contributed by atoms with E-state index in [-0.39, 0.29) is 47.8 Å². The van der Waals surface area contributed by atoms with Crippen LogP contribution in [0.15, 0.2) is 91.0 Å². The van der Waals surface area contributed by atoms with Crippen LogP contribution in [0.4, 0.5) is 15.3 Å². The number of fused-ring (bicyclic) bond motifs is 2. The van der Waals surface area contributed by atoms with Crippen LogP contribution in [0, 0.1) is 11.8 Å². The lowest BCUT2D eigenvalue weighted by Gasteiger charge is -2.33. The topological polar surface area (TPSA) is 187 Å². The number of nitrogens with zero attached hydrogens (tertiary/aromatic N) is 5. The van der Waals surface area contributed by atoms with Crippen molar-refractivity contribution in [1.82, 2.24) is 40.4 Å². The number of rotatable bonds is 14. The molecular weight excluding hydrogens is 875 g/mol. The Morgan fingerprint density at radius 3 is 1.55 bits per heavy atom. The molecule has 3 saturated heterocycles. The average Bonchev–Trinajstić information content (AvgIpc) is 4.23. The summed E-state index contributed by atoms with van der Waals surface area (Å²) >= 11 is 0. The molecule has 0 radical (unpaired) electrons. The molecule has 16 nitrogen and oxygen atoms in total. The van der Waals surface area contributed by atoms with Crippen LogP contribution in [0.2, 0.25) is 0 Å². The van der Waals surface area contributed by atoms with Gasteiger partial charge in [0.1, 0.15) is 36.1 Å². The normalized spacial score (nSPS) is 20.2. The highest BCUT2D eigenvalue weighted by atomic mass is 16.5. The molecule has 4 N–H and O–H groups in total. The second-order valence-electron chi connectivity index (χ2n) is 19.2. The molecule has 6 aromatic rings. The maximum absolute atomic E-state index is 13.9. The zero-order valence-electron chi connectivity index (χ0n) is 40.2. The number of alkyl carbamates (subject to hydrolysis) is 2. The molecule has 5 heterocycles. The summed E-state index contributed by atoms with van der Waals surface area (Å²) in [5.74, 6) is 1.70. The van der Waals surface area contributed by atoms with E-state index in [1.54, 1.807) is 0 Å². The lowest BCUT2D eigenvalue weighted by atomic mass is 10.0. The Morgan fingerprint density at radius 1 is 0.623 bits per heavy atom. The summed E-state index contributed by atoms with van der Waals surface area (Å²) in [5, 5.41) is 5.48. The van der Waals surface area contributed by atoms with E-state index < -0.39 is 24.3 Å².